The normalized spacial score (nSPS) is 11.3. The average molecular weight is 280 g/mol. The zero-order valence-corrected chi connectivity index (χ0v) is 10.9. The Kier molecular flexibility index (Phi) is 4.02. The number of sulfone groups is 1. The van der Waals surface area contributed by atoms with Crippen LogP contribution in [0.1, 0.15) is 18.5 Å². The monoisotopic (exact) mass is 280 g/mol. The third-order valence-corrected chi connectivity index (χ3v) is 4.08. The van der Waals surface area contributed by atoms with E-state index in [2.05, 4.69) is 5.16 Å². The van der Waals surface area contributed by atoms with Crippen LogP contribution in [0.4, 0.5) is 0 Å². The van der Waals surface area contributed by atoms with Crippen LogP contribution >= 0.6 is 0 Å². The first-order valence-corrected chi connectivity index (χ1v) is 7.50. The Balaban J connectivity index is 2.02. The molecule has 0 amide bonds. The van der Waals surface area contributed by atoms with Crippen LogP contribution in [-0.2, 0) is 15.6 Å². The molecule has 0 aliphatic carbocycles. The Bertz CT molecular complexity index is 665. The maximum atomic E-state index is 11.8. The molecule has 0 fully saturated rings. The first-order valence-electron chi connectivity index (χ1n) is 5.67. The van der Waals surface area contributed by atoms with Crippen LogP contribution in [0.25, 0.3) is 11.5 Å². The number of hydrogen-bond acceptors (Lipinski definition) is 6. The van der Waals surface area contributed by atoms with Crippen molar-refractivity contribution in [3.8, 4) is 17.6 Å². The number of aromatic nitrogens is 1. The van der Waals surface area contributed by atoms with E-state index >= 15 is 0 Å². The van der Waals surface area contributed by atoms with Crippen LogP contribution in [0.5, 0.6) is 0 Å². The minimum atomic E-state index is -3.27. The predicted molar refractivity (Wildman–Crippen MR) is 66.5 cm³/mol. The molecule has 2 aromatic heterocycles. The summed E-state index contributed by atoms with van der Waals surface area (Å²) in [5, 5.41) is 12.1. The summed E-state index contributed by atoms with van der Waals surface area (Å²) in [5.41, 5.74) is 0.336. The highest BCUT2D eigenvalue weighted by molar-refractivity contribution is 7.90. The van der Waals surface area contributed by atoms with Gasteiger partial charge in [-0.25, -0.2) is 8.42 Å². The minimum Gasteiger partial charge on any atom is -0.461 e. The van der Waals surface area contributed by atoms with Gasteiger partial charge < -0.3 is 8.94 Å². The summed E-state index contributed by atoms with van der Waals surface area (Å²) in [7, 11) is -3.27. The summed E-state index contributed by atoms with van der Waals surface area (Å²) in [6, 6.07) is 6.86. The molecule has 6 nitrogen and oxygen atoms in total. The van der Waals surface area contributed by atoms with Crippen LogP contribution in [0, 0.1) is 11.3 Å². The van der Waals surface area contributed by atoms with E-state index in [1.807, 2.05) is 6.07 Å². The summed E-state index contributed by atoms with van der Waals surface area (Å²) >= 11 is 0. The molecule has 0 bridgehead atoms. The lowest BCUT2D eigenvalue weighted by Gasteiger charge is -1.98. The lowest BCUT2D eigenvalue weighted by molar-refractivity contribution is 0.412. The van der Waals surface area contributed by atoms with Gasteiger partial charge in [0.1, 0.15) is 0 Å². The maximum absolute atomic E-state index is 11.8. The van der Waals surface area contributed by atoms with E-state index in [-0.39, 0.29) is 17.9 Å². The van der Waals surface area contributed by atoms with Gasteiger partial charge in [-0.2, -0.15) is 5.26 Å². The predicted octanol–water partition coefficient (Wildman–Crippen LogP) is 2.15. The molecular weight excluding hydrogens is 268 g/mol. The molecular formula is C12H12N2O4S. The van der Waals surface area contributed by atoms with Crippen molar-refractivity contribution in [2.24, 2.45) is 0 Å². The van der Waals surface area contributed by atoms with E-state index in [0.29, 0.717) is 23.6 Å². The van der Waals surface area contributed by atoms with E-state index in [0.717, 1.165) is 0 Å². The fourth-order valence-corrected chi connectivity index (χ4v) is 2.90. The third-order valence-electron chi connectivity index (χ3n) is 2.43. The van der Waals surface area contributed by atoms with Crippen molar-refractivity contribution in [3.05, 3.63) is 30.2 Å². The average Bonchev–Trinajstić information content (AvgIpc) is 2.98. The molecule has 0 atom stereocenters. The summed E-state index contributed by atoms with van der Waals surface area (Å²) in [6.07, 6.45) is 2.06. The van der Waals surface area contributed by atoms with Crippen molar-refractivity contribution in [2.45, 2.75) is 18.6 Å². The molecule has 0 N–H and O–H groups in total. The van der Waals surface area contributed by atoms with E-state index in [4.69, 9.17) is 14.2 Å². The number of nitriles is 1. The molecule has 0 aliphatic rings. The van der Waals surface area contributed by atoms with Crippen molar-refractivity contribution in [2.75, 3.05) is 5.75 Å². The van der Waals surface area contributed by atoms with Gasteiger partial charge in [-0.1, -0.05) is 5.16 Å². The van der Waals surface area contributed by atoms with Gasteiger partial charge >= 0.3 is 0 Å². The Morgan fingerprint density at radius 1 is 1.37 bits per heavy atom. The fraction of sp³-hybridized carbons (Fsp3) is 0.333. The first-order chi connectivity index (χ1) is 9.11. The molecule has 0 aliphatic heterocycles. The molecule has 2 heterocycles. The summed E-state index contributed by atoms with van der Waals surface area (Å²) in [4.78, 5) is 0. The molecule has 0 spiro atoms. The van der Waals surface area contributed by atoms with Crippen molar-refractivity contribution in [3.63, 3.8) is 0 Å². The lowest BCUT2D eigenvalue weighted by Crippen LogP contribution is -2.09. The van der Waals surface area contributed by atoms with Crippen LogP contribution in [-0.4, -0.2) is 19.3 Å². The van der Waals surface area contributed by atoms with Crippen LogP contribution < -0.4 is 0 Å². The molecule has 100 valence electrons. The van der Waals surface area contributed by atoms with Gasteiger partial charge in [-0.05, 0) is 18.6 Å². The number of hydrogen-bond donors (Lipinski definition) is 0. The molecule has 0 saturated carbocycles. The quantitative estimate of drug-likeness (QED) is 0.752. The summed E-state index contributed by atoms with van der Waals surface area (Å²) in [6.45, 7) is 0. The largest absolute Gasteiger partial charge is 0.461 e. The Labute approximate surface area is 110 Å². The van der Waals surface area contributed by atoms with Crippen molar-refractivity contribution < 1.29 is 17.4 Å². The van der Waals surface area contributed by atoms with Gasteiger partial charge in [0, 0.05) is 12.5 Å². The molecule has 19 heavy (non-hydrogen) atoms. The smallest absolute Gasteiger partial charge is 0.202 e. The zero-order valence-electron chi connectivity index (χ0n) is 10.1. The molecule has 7 heteroatoms. The van der Waals surface area contributed by atoms with Gasteiger partial charge in [0.25, 0.3) is 0 Å². The molecule has 0 radical (unpaired) electrons. The Hall–Kier alpha value is -2.07. The fourth-order valence-electron chi connectivity index (χ4n) is 1.58. The number of nitrogens with zero attached hydrogens (tertiary/aromatic N) is 2. The van der Waals surface area contributed by atoms with Crippen LogP contribution in [0.2, 0.25) is 0 Å². The topological polar surface area (TPSA) is 97.1 Å². The van der Waals surface area contributed by atoms with Crippen molar-refractivity contribution in [1.29, 1.82) is 5.26 Å². The highest BCUT2D eigenvalue weighted by Gasteiger charge is 2.16. The number of furan rings is 1. The molecule has 2 aromatic rings. The van der Waals surface area contributed by atoms with Gasteiger partial charge in [0.2, 0.25) is 5.76 Å². The second-order valence-electron chi connectivity index (χ2n) is 4.01. The number of unbranched alkanes of at least 4 members (excludes halogenated alkanes) is 1. The first kappa shape index (κ1) is 13.4. The van der Waals surface area contributed by atoms with Crippen LogP contribution in [0.3, 0.4) is 0 Å². The lowest BCUT2D eigenvalue weighted by atomic mass is 10.3. The second-order valence-corrected chi connectivity index (χ2v) is 6.20. The molecule has 0 aromatic carbocycles. The van der Waals surface area contributed by atoms with Crippen LogP contribution in [0.15, 0.2) is 33.4 Å². The SMILES string of the molecule is N#CCCCS(=O)(=O)Cc1cc(-c2ccco2)on1. The highest BCUT2D eigenvalue weighted by Crippen LogP contribution is 2.21. The summed E-state index contributed by atoms with van der Waals surface area (Å²) in [5.74, 6) is 0.680. The van der Waals surface area contributed by atoms with Crippen molar-refractivity contribution >= 4 is 9.84 Å². The van der Waals surface area contributed by atoms with Gasteiger partial charge in [0.15, 0.2) is 15.6 Å². The van der Waals surface area contributed by atoms with E-state index in [1.165, 1.54) is 6.26 Å². The van der Waals surface area contributed by atoms with E-state index < -0.39 is 9.84 Å². The highest BCUT2D eigenvalue weighted by atomic mass is 32.2. The molecule has 0 unspecified atom stereocenters. The zero-order chi connectivity index (χ0) is 13.7. The van der Waals surface area contributed by atoms with Crippen molar-refractivity contribution in [1.82, 2.24) is 5.16 Å². The third kappa shape index (κ3) is 3.69. The van der Waals surface area contributed by atoms with E-state index in [9.17, 15) is 8.42 Å². The number of rotatable bonds is 6. The second kappa shape index (κ2) is 5.71. The van der Waals surface area contributed by atoms with E-state index in [1.54, 1.807) is 18.2 Å². The van der Waals surface area contributed by atoms with Gasteiger partial charge in [-0.3, -0.25) is 0 Å². The Morgan fingerprint density at radius 3 is 2.89 bits per heavy atom. The molecule has 0 saturated heterocycles. The summed E-state index contributed by atoms with van der Waals surface area (Å²) < 4.78 is 33.7. The maximum Gasteiger partial charge on any atom is 0.202 e. The van der Waals surface area contributed by atoms with Gasteiger partial charge in [0.05, 0.1) is 29.5 Å². The minimum absolute atomic E-state index is 0.0243. The Morgan fingerprint density at radius 2 is 2.21 bits per heavy atom. The van der Waals surface area contributed by atoms with Gasteiger partial charge in [-0.15, -0.1) is 0 Å². The standard InChI is InChI=1S/C12H12N2O4S/c13-5-1-2-7-19(15,16)9-10-8-12(18-14-10)11-4-3-6-17-11/h3-4,6,8H,1-2,7,9H2. The molecule has 2 rings (SSSR count).